The highest BCUT2D eigenvalue weighted by atomic mass is 15.2. The monoisotopic (exact) mass is 344 g/mol. The summed E-state index contributed by atoms with van der Waals surface area (Å²) in [6.07, 6.45) is 11.5. The third-order valence-electron chi connectivity index (χ3n) is 6.54. The van der Waals surface area contributed by atoms with Crippen molar-refractivity contribution in [1.29, 1.82) is 0 Å². The van der Waals surface area contributed by atoms with Gasteiger partial charge in [-0.25, -0.2) is 0 Å². The van der Waals surface area contributed by atoms with Gasteiger partial charge in [0, 0.05) is 24.0 Å². The van der Waals surface area contributed by atoms with Gasteiger partial charge in [0.05, 0.1) is 0 Å². The zero-order chi connectivity index (χ0) is 17.3. The van der Waals surface area contributed by atoms with Crippen LogP contribution in [-0.4, -0.2) is 30.6 Å². The van der Waals surface area contributed by atoms with Crippen LogP contribution in [-0.2, 0) is 0 Å². The minimum Gasteiger partial charge on any atom is -0.340 e. The molecule has 2 atom stereocenters. The lowest BCUT2D eigenvalue weighted by molar-refractivity contribution is 0.0632. The van der Waals surface area contributed by atoms with Crippen molar-refractivity contribution in [2.45, 2.75) is 38.1 Å². The van der Waals surface area contributed by atoms with Crippen LogP contribution in [0.2, 0.25) is 0 Å². The molecule has 2 saturated heterocycles. The first-order valence-electron chi connectivity index (χ1n) is 10.3. The number of fused-ring (bicyclic) bond motifs is 3. The Kier molecular flexibility index (Phi) is 4.30. The largest absolute Gasteiger partial charge is 0.340 e. The van der Waals surface area contributed by atoms with E-state index in [-0.39, 0.29) is 0 Å². The van der Waals surface area contributed by atoms with E-state index >= 15 is 0 Å². The summed E-state index contributed by atoms with van der Waals surface area (Å²) in [6.45, 7) is 3.77. The van der Waals surface area contributed by atoms with E-state index in [4.69, 9.17) is 0 Å². The topological polar surface area (TPSA) is 6.48 Å². The molecule has 3 aliphatic heterocycles. The molecule has 2 aromatic carbocycles. The van der Waals surface area contributed by atoms with Gasteiger partial charge in [-0.3, -0.25) is 0 Å². The van der Waals surface area contributed by atoms with Crippen molar-refractivity contribution in [3.05, 3.63) is 59.7 Å². The highest BCUT2D eigenvalue weighted by Crippen LogP contribution is 2.39. The number of piperidine rings is 2. The molecular formula is C24H28N2. The smallest absolute Gasteiger partial charge is 0.0484 e. The van der Waals surface area contributed by atoms with Crippen molar-refractivity contribution in [2.75, 3.05) is 24.5 Å². The summed E-state index contributed by atoms with van der Waals surface area (Å²) in [7, 11) is 0. The minimum atomic E-state index is 0.767. The molecule has 26 heavy (non-hydrogen) atoms. The molecule has 3 aliphatic rings. The average Bonchev–Trinajstić information content (AvgIpc) is 2.86. The Bertz CT molecular complexity index is 758. The molecule has 5 rings (SSSR count). The summed E-state index contributed by atoms with van der Waals surface area (Å²) in [5.41, 5.74) is 5.39. The van der Waals surface area contributed by atoms with Crippen molar-refractivity contribution >= 4 is 23.5 Å². The molecule has 2 nitrogen and oxygen atoms in total. The van der Waals surface area contributed by atoms with Gasteiger partial charge in [0.2, 0.25) is 0 Å². The fraction of sp³-hybridized carbons (Fsp3) is 0.417. The number of anilines is 2. The second kappa shape index (κ2) is 6.92. The maximum absolute atomic E-state index is 2.78. The molecule has 0 spiro atoms. The van der Waals surface area contributed by atoms with E-state index < -0.39 is 0 Å². The first-order chi connectivity index (χ1) is 12.9. The Labute approximate surface area is 157 Å². The second-order valence-electron chi connectivity index (χ2n) is 8.06. The van der Waals surface area contributed by atoms with Gasteiger partial charge in [0.25, 0.3) is 0 Å². The summed E-state index contributed by atoms with van der Waals surface area (Å²) in [4.78, 5) is 5.39. The third-order valence-corrected chi connectivity index (χ3v) is 6.54. The van der Waals surface area contributed by atoms with Gasteiger partial charge in [-0.15, -0.1) is 0 Å². The molecule has 0 aliphatic carbocycles. The van der Waals surface area contributed by atoms with E-state index in [2.05, 4.69) is 70.5 Å². The number of rotatable bonds is 2. The van der Waals surface area contributed by atoms with Crippen molar-refractivity contribution in [3.63, 3.8) is 0 Å². The molecule has 134 valence electrons. The van der Waals surface area contributed by atoms with Gasteiger partial charge in [-0.2, -0.15) is 0 Å². The van der Waals surface area contributed by atoms with Gasteiger partial charge >= 0.3 is 0 Å². The molecular weight excluding hydrogens is 316 g/mol. The molecule has 0 unspecified atom stereocenters. The summed E-state index contributed by atoms with van der Waals surface area (Å²) in [6, 6.07) is 18.5. The molecule has 0 bridgehead atoms. The van der Waals surface area contributed by atoms with Crippen LogP contribution in [0.4, 0.5) is 11.4 Å². The van der Waals surface area contributed by atoms with E-state index in [1.165, 1.54) is 67.7 Å². The van der Waals surface area contributed by atoms with Crippen LogP contribution in [0.1, 0.15) is 43.2 Å². The third kappa shape index (κ3) is 2.87. The number of benzene rings is 2. The molecule has 2 heteroatoms. The van der Waals surface area contributed by atoms with Crippen LogP contribution < -0.4 is 4.90 Å². The Morgan fingerprint density at radius 1 is 0.731 bits per heavy atom. The van der Waals surface area contributed by atoms with Crippen LogP contribution in [0.15, 0.2) is 48.5 Å². The lowest BCUT2D eigenvalue weighted by Crippen LogP contribution is -2.50. The Balaban J connectivity index is 1.52. The molecule has 0 radical (unpaired) electrons. The fourth-order valence-corrected chi connectivity index (χ4v) is 5.28. The van der Waals surface area contributed by atoms with Crippen LogP contribution in [0.25, 0.3) is 12.2 Å². The molecule has 2 aromatic rings. The van der Waals surface area contributed by atoms with Gasteiger partial charge in [-0.1, -0.05) is 55.0 Å². The van der Waals surface area contributed by atoms with Gasteiger partial charge < -0.3 is 9.80 Å². The predicted octanol–water partition coefficient (Wildman–Crippen LogP) is 5.57. The average molecular weight is 345 g/mol. The summed E-state index contributed by atoms with van der Waals surface area (Å²) < 4.78 is 0. The van der Waals surface area contributed by atoms with Crippen molar-refractivity contribution < 1.29 is 0 Å². The van der Waals surface area contributed by atoms with Gasteiger partial charge in [0.15, 0.2) is 0 Å². The van der Waals surface area contributed by atoms with Crippen LogP contribution >= 0.6 is 0 Å². The molecule has 3 heterocycles. The van der Waals surface area contributed by atoms with E-state index in [1.807, 2.05) is 0 Å². The summed E-state index contributed by atoms with van der Waals surface area (Å²) in [5, 5.41) is 0. The lowest BCUT2D eigenvalue weighted by Gasteiger charge is -2.46. The standard InChI is InChI=1S/C24H28N2/c1-3-12-23-19(8-1)14-15-20-9-2-4-13-24(20)26(23)18-21-10-7-17-25-16-6-5-11-22(21)25/h1-4,8-9,12-15,21-22H,5-7,10-11,16-18H2/t21-,22+/m0/s1. The normalized spacial score (nSPS) is 25.2. The molecule has 2 fully saturated rings. The number of nitrogens with zero attached hydrogens (tertiary/aromatic N) is 2. The first kappa shape index (κ1) is 16.1. The predicted molar refractivity (Wildman–Crippen MR) is 111 cm³/mol. The molecule has 0 N–H and O–H groups in total. The van der Waals surface area contributed by atoms with Crippen LogP contribution in [0, 0.1) is 5.92 Å². The van der Waals surface area contributed by atoms with E-state index in [9.17, 15) is 0 Å². The fourth-order valence-electron chi connectivity index (χ4n) is 5.28. The van der Waals surface area contributed by atoms with Gasteiger partial charge in [0.1, 0.15) is 0 Å². The van der Waals surface area contributed by atoms with E-state index in [0.29, 0.717) is 0 Å². The lowest BCUT2D eigenvalue weighted by atomic mass is 9.83. The minimum absolute atomic E-state index is 0.767. The maximum atomic E-state index is 2.78. The number of para-hydroxylation sites is 2. The van der Waals surface area contributed by atoms with E-state index in [0.717, 1.165) is 18.5 Å². The highest BCUT2D eigenvalue weighted by Gasteiger charge is 2.34. The second-order valence-corrected chi connectivity index (χ2v) is 8.06. The first-order valence-corrected chi connectivity index (χ1v) is 10.3. The zero-order valence-corrected chi connectivity index (χ0v) is 15.5. The Morgan fingerprint density at radius 2 is 1.38 bits per heavy atom. The summed E-state index contributed by atoms with van der Waals surface area (Å²) in [5.74, 6) is 0.767. The van der Waals surface area contributed by atoms with E-state index in [1.54, 1.807) is 0 Å². The van der Waals surface area contributed by atoms with Crippen LogP contribution in [0.3, 0.4) is 0 Å². The van der Waals surface area contributed by atoms with Crippen molar-refractivity contribution in [1.82, 2.24) is 4.90 Å². The number of hydrogen-bond acceptors (Lipinski definition) is 2. The summed E-state index contributed by atoms with van der Waals surface area (Å²) >= 11 is 0. The van der Waals surface area contributed by atoms with Crippen molar-refractivity contribution in [2.24, 2.45) is 5.92 Å². The molecule has 0 amide bonds. The molecule has 0 saturated carbocycles. The molecule has 0 aromatic heterocycles. The highest BCUT2D eigenvalue weighted by molar-refractivity contribution is 5.88. The quantitative estimate of drug-likeness (QED) is 0.702. The number of hydrogen-bond donors (Lipinski definition) is 0. The van der Waals surface area contributed by atoms with Crippen LogP contribution in [0.5, 0.6) is 0 Å². The maximum Gasteiger partial charge on any atom is 0.0484 e. The SMILES string of the molecule is C1=Cc2ccccc2N(C[C@@H]2CCCN3CCCC[C@H]23)c2ccccc21. The van der Waals surface area contributed by atoms with Gasteiger partial charge in [-0.05, 0) is 68.0 Å². The Hall–Kier alpha value is -2.06. The van der Waals surface area contributed by atoms with Crippen molar-refractivity contribution in [3.8, 4) is 0 Å². The zero-order valence-electron chi connectivity index (χ0n) is 15.5. The Morgan fingerprint density at radius 3 is 2.12 bits per heavy atom.